The number of benzene rings is 1. The summed E-state index contributed by atoms with van der Waals surface area (Å²) in [6.45, 7) is 7.88. The Bertz CT molecular complexity index is 604. The highest BCUT2D eigenvalue weighted by Crippen LogP contribution is 2.08. The van der Waals surface area contributed by atoms with E-state index in [2.05, 4.69) is 31.2 Å². The first-order valence-electron chi connectivity index (χ1n) is 6.81. The van der Waals surface area contributed by atoms with Crippen LogP contribution in [0.5, 0.6) is 0 Å². The monoisotopic (exact) mass is 259 g/mol. The predicted octanol–water partition coefficient (Wildman–Crippen LogP) is 2.03. The Hall–Kier alpha value is -1.68. The van der Waals surface area contributed by atoms with E-state index in [4.69, 9.17) is 0 Å². The average molecular weight is 259 g/mol. The first kappa shape index (κ1) is 13.7. The normalized spacial score (nSPS) is 13.1. The standard InChI is InChI=1S/C15H21N3O/c1-4-16-14(11(2)3)10-18-15(19)13-8-6-5-7-12(13)9-17-18/h5-9,11,14,16H,4,10H2,1-3H3. The van der Waals surface area contributed by atoms with Gasteiger partial charge < -0.3 is 5.32 Å². The van der Waals surface area contributed by atoms with E-state index < -0.39 is 0 Å². The summed E-state index contributed by atoms with van der Waals surface area (Å²) in [6, 6.07) is 7.84. The fourth-order valence-corrected chi connectivity index (χ4v) is 2.22. The predicted molar refractivity (Wildman–Crippen MR) is 78.3 cm³/mol. The lowest BCUT2D eigenvalue weighted by atomic mass is 10.0. The van der Waals surface area contributed by atoms with Gasteiger partial charge in [-0.05, 0) is 18.5 Å². The summed E-state index contributed by atoms with van der Waals surface area (Å²) in [5, 5.41) is 9.31. The molecule has 1 heterocycles. The number of nitrogens with one attached hydrogen (secondary N) is 1. The molecule has 2 aromatic rings. The third-order valence-electron chi connectivity index (χ3n) is 3.40. The van der Waals surface area contributed by atoms with E-state index in [0.717, 1.165) is 17.3 Å². The second-order valence-electron chi connectivity index (χ2n) is 5.13. The van der Waals surface area contributed by atoms with Gasteiger partial charge in [0.05, 0.1) is 18.1 Å². The average Bonchev–Trinajstić information content (AvgIpc) is 2.41. The molecule has 0 aliphatic carbocycles. The molecule has 1 aromatic carbocycles. The van der Waals surface area contributed by atoms with Crippen molar-refractivity contribution in [2.45, 2.75) is 33.4 Å². The van der Waals surface area contributed by atoms with Crippen LogP contribution in [0.1, 0.15) is 20.8 Å². The molecule has 0 saturated heterocycles. The van der Waals surface area contributed by atoms with E-state index >= 15 is 0 Å². The number of fused-ring (bicyclic) bond motifs is 1. The van der Waals surface area contributed by atoms with Crippen LogP contribution in [0.2, 0.25) is 0 Å². The lowest BCUT2D eigenvalue weighted by Crippen LogP contribution is -2.40. The number of likely N-dealkylation sites (N-methyl/N-ethyl adjacent to an activating group) is 1. The smallest absolute Gasteiger partial charge is 0.274 e. The van der Waals surface area contributed by atoms with Crippen LogP contribution in [0.15, 0.2) is 35.3 Å². The Morgan fingerprint density at radius 1 is 1.32 bits per heavy atom. The summed E-state index contributed by atoms with van der Waals surface area (Å²) in [4.78, 5) is 12.4. The van der Waals surface area contributed by atoms with Gasteiger partial charge in [-0.1, -0.05) is 39.0 Å². The molecule has 0 saturated carbocycles. The van der Waals surface area contributed by atoms with Crippen LogP contribution in [-0.4, -0.2) is 22.4 Å². The van der Waals surface area contributed by atoms with Crippen molar-refractivity contribution in [2.24, 2.45) is 5.92 Å². The van der Waals surface area contributed by atoms with Crippen molar-refractivity contribution in [1.82, 2.24) is 15.1 Å². The highest BCUT2D eigenvalue weighted by molar-refractivity contribution is 5.80. The molecule has 0 radical (unpaired) electrons. The molecule has 0 fully saturated rings. The van der Waals surface area contributed by atoms with Crippen LogP contribution >= 0.6 is 0 Å². The molecule has 4 nitrogen and oxygen atoms in total. The Balaban J connectivity index is 2.35. The molecule has 0 amide bonds. The summed E-state index contributed by atoms with van der Waals surface area (Å²) < 4.78 is 1.57. The third kappa shape index (κ3) is 3.01. The van der Waals surface area contributed by atoms with Gasteiger partial charge >= 0.3 is 0 Å². The zero-order valence-electron chi connectivity index (χ0n) is 11.8. The Labute approximate surface area is 113 Å². The summed E-state index contributed by atoms with van der Waals surface area (Å²) in [5.41, 5.74) is -0.0124. The van der Waals surface area contributed by atoms with Gasteiger partial charge in [0, 0.05) is 11.4 Å². The lowest BCUT2D eigenvalue weighted by Gasteiger charge is -2.22. The van der Waals surface area contributed by atoms with E-state index in [1.54, 1.807) is 10.9 Å². The van der Waals surface area contributed by atoms with Crippen molar-refractivity contribution in [2.75, 3.05) is 6.54 Å². The summed E-state index contributed by atoms with van der Waals surface area (Å²) in [7, 11) is 0. The maximum absolute atomic E-state index is 12.4. The maximum Gasteiger partial charge on any atom is 0.274 e. The SMILES string of the molecule is CCNC(Cn1ncc2ccccc2c1=O)C(C)C. The fraction of sp³-hybridized carbons (Fsp3) is 0.467. The molecule has 1 N–H and O–H groups in total. The lowest BCUT2D eigenvalue weighted by molar-refractivity contribution is 0.343. The van der Waals surface area contributed by atoms with Crippen molar-refractivity contribution in [3.05, 3.63) is 40.8 Å². The highest BCUT2D eigenvalue weighted by atomic mass is 16.1. The molecular weight excluding hydrogens is 238 g/mol. The minimum Gasteiger partial charge on any atom is -0.312 e. The van der Waals surface area contributed by atoms with Gasteiger partial charge in [0.25, 0.3) is 5.56 Å². The molecule has 0 bridgehead atoms. The second kappa shape index (κ2) is 5.97. The van der Waals surface area contributed by atoms with Crippen LogP contribution in [0, 0.1) is 5.92 Å². The molecule has 1 unspecified atom stereocenters. The number of hydrogen-bond donors (Lipinski definition) is 1. The second-order valence-corrected chi connectivity index (χ2v) is 5.13. The number of nitrogens with zero attached hydrogens (tertiary/aromatic N) is 2. The van der Waals surface area contributed by atoms with E-state index in [9.17, 15) is 4.79 Å². The fourth-order valence-electron chi connectivity index (χ4n) is 2.22. The van der Waals surface area contributed by atoms with Crippen LogP contribution in [0.25, 0.3) is 10.8 Å². The van der Waals surface area contributed by atoms with Gasteiger partial charge in [0.1, 0.15) is 0 Å². The zero-order valence-corrected chi connectivity index (χ0v) is 11.8. The molecule has 19 heavy (non-hydrogen) atoms. The minimum absolute atomic E-state index is 0.0124. The molecule has 0 aliphatic rings. The number of hydrogen-bond acceptors (Lipinski definition) is 3. The van der Waals surface area contributed by atoms with Gasteiger partial charge in [-0.25, -0.2) is 4.68 Å². The Morgan fingerprint density at radius 2 is 2.05 bits per heavy atom. The van der Waals surface area contributed by atoms with Crippen LogP contribution in [-0.2, 0) is 6.54 Å². The molecule has 1 aromatic heterocycles. The van der Waals surface area contributed by atoms with Gasteiger partial charge in [0.2, 0.25) is 0 Å². The van der Waals surface area contributed by atoms with Gasteiger partial charge in [-0.2, -0.15) is 5.10 Å². The summed E-state index contributed by atoms with van der Waals surface area (Å²) in [6.07, 6.45) is 1.76. The van der Waals surface area contributed by atoms with Crippen LogP contribution < -0.4 is 10.9 Å². The number of rotatable bonds is 5. The van der Waals surface area contributed by atoms with Gasteiger partial charge in [-0.3, -0.25) is 4.79 Å². The van der Waals surface area contributed by atoms with Crippen molar-refractivity contribution >= 4 is 10.8 Å². The van der Waals surface area contributed by atoms with E-state index in [1.807, 2.05) is 24.3 Å². The quantitative estimate of drug-likeness (QED) is 0.893. The van der Waals surface area contributed by atoms with Crippen LogP contribution in [0.3, 0.4) is 0 Å². The van der Waals surface area contributed by atoms with E-state index in [1.165, 1.54) is 0 Å². The largest absolute Gasteiger partial charge is 0.312 e. The Morgan fingerprint density at radius 3 is 2.74 bits per heavy atom. The van der Waals surface area contributed by atoms with Crippen molar-refractivity contribution < 1.29 is 0 Å². The summed E-state index contributed by atoms with van der Waals surface area (Å²) in [5.74, 6) is 0.458. The molecule has 0 spiro atoms. The van der Waals surface area contributed by atoms with Crippen molar-refractivity contribution in [1.29, 1.82) is 0 Å². The van der Waals surface area contributed by atoms with Gasteiger partial charge in [-0.15, -0.1) is 0 Å². The minimum atomic E-state index is -0.0124. The molecule has 102 valence electrons. The van der Waals surface area contributed by atoms with E-state index in [-0.39, 0.29) is 11.6 Å². The molecular formula is C15H21N3O. The Kier molecular flexibility index (Phi) is 4.32. The van der Waals surface area contributed by atoms with Gasteiger partial charge in [0.15, 0.2) is 0 Å². The first-order valence-corrected chi connectivity index (χ1v) is 6.81. The van der Waals surface area contributed by atoms with Crippen molar-refractivity contribution in [3.63, 3.8) is 0 Å². The van der Waals surface area contributed by atoms with Crippen molar-refractivity contribution in [3.8, 4) is 0 Å². The molecule has 0 aliphatic heterocycles. The summed E-state index contributed by atoms with van der Waals surface area (Å²) >= 11 is 0. The molecule has 4 heteroatoms. The number of aromatic nitrogens is 2. The van der Waals surface area contributed by atoms with E-state index in [0.29, 0.717) is 12.5 Å². The third-order valence-corrected chi connectivity index (χ3v) is 3.40. The van der Waals surface area contributed by atoms with Crippen LogP contribution in [0.4, 0.5) is 0 Å². The highest BCUT2D eigenvalue weighted by Gasteiger charge is 2.14. The maximum atomic E-state index is 12.4. The molecule has 1 atom stereocenters. The topological polar surface area (TPSA) is 46.9 Å². The zero-order chi connectivity index (χ0) is 13.8. The molecule has 2 rings (SSSR count). The first-order chi connectivity index (χ1) is 9.13.